The summed E-state index contributed by atoms with van der Waals surface area (Å²) in [6.45, 7) is 3.96. The van der Waals surface area contributed by atoms with Crippen LogP contribution in [0.2, 0.25) is 0 Å². The largest absolute Gasteiger partial charge is 0.345 e. The second kappa shape index (κ2) is 5.12. The summed E-state index contributed by atoms with van der Waals surface area (Å²) in [5.74, 6) is 0.263. The number of benzene rings is 1. The normalized spacial score (nSPS) is 10.6. The Kier molecular flexibility index (Phi) is 3.55. The molecule has 0 radical (unpaired) electrons. The van der Waals surface area contributed by atoms with Gasteiger partial charge in [0.15, 0.2) is 5.78 Å². The first-order valence-electron chi connectivity index (χ1n) is 5.93. The van der Waals surface area contributed by atoms with Gasteiger partial charge in [-0.3, -0.25) is 4.79 Å². The van der Waals surface area contributed by atoms with Gasteiger partial charge in [-0.2, -0.15) is 0 Å². The number of aromatic nitrogens is 2. The van der Waals surface area contributed by atoms with E-state index in [1.165, 1.54) is 24.3 Å². The summed E-state index contributed by atoms with van der Waals surface area (Å²) >= 11 is 0. The van der Waals surface area contributed by atoms with E-state index in [4.69, 9.17) is 0 Å². The lowest BCUT2D eigenvalue weighted by molar-refractivity contribution is 0.0991. The number of H-pyrrole nitrogens is 1. The van der Waals surface area contributed by atoms with Crippen LogP contribution in [-0.4, -0.2) is 15.8 Å². The quantitative estimate of drug-likeness (QED) is 0.843. The van der Waals surface area contributed by atoms with Gasteiger partial charge in [0.25, 0.3) is 0 Å². The van der Waals surface area contributed by atoms with Crippen molar-refractivity contribution in [3.8, 4) is 0 Å². The molecule has 1 aromatic heterocycles. The van der Waals surface area contributed by atoms with Gasteiger partial charge in [0.1, 0.15) is 11.6 Å². The Morgan fingerprint density at radius 3 is 2.56 bits per heavy atom. The Hall–Kier alpha value is -1.97. The summed E-state index contributed by atoms with van der Waals surface area (Å²) in [4.78, 5) is 19.4. The molecule has 1 N–H and O–H groups in total. The van der Waals surface area contributed by atoms with Crippen LogP contribution in [0.5, 0.6) is 0 Å². The Labute approximate surface area is 105 Å². The molecule has 0 atom stereocenters. The van der Waals surface area contributed by atoms with E-state index in [9.17, 15) is 9.18 Å². The van der Waals surface area contributed by atoms with E-state index in [2.05, 4.69) is 9.97 Å². The number of carbonyl (C=O) groups is 1. The fourth-order valence-corrected chi connectivity index (χ4v) is 1.88. The Morgan fingerprint density at radius 1 is 1.33 bits per heavy atom. The molecule has 1 heterocycles. The van der Waals surface area contributed by atoms with Crippen LogP contribution in [0.25, 0.3) is 0 Å². The van der Waals surface area contributed by atoms with Crippen LogP contribution in [0.4, 0.5) is 4.39 Å². The maximum atomic E-state index is 12.7. The predicted molar refractivity (Wildman–Crippen MR) is 67.1 cm³/mol. The van der Waals surface area contributed by atoms with Gasteiger partial charge in [0, 0.05) is 11.3 Å². The van der Waals surface area contributed by atoms with Crippen molar-refractivity contribution in [2.24, 2.45) is 0 Å². The van der Waals surface area contributed by atoms with Gasteiger partial charge >= 0.3 is 0 Å². The van der Waals surface area contributed by atoms with Crippen LogP contribution >= 0.6 is 0 Å². The van der Waals surface area contributed by atoms with E-state index in [1.807, 2.05) is 13.8 Å². The lowest BCUT2D eigenvalue weighted by Gasteiger charge is -1.98. The minimum atomic E-state index is -0.339. The van der Waals surface area contributed by atoms with Gasteiger partial charge < -0.3 is 4.98 Å². The molecule has 18 heavy (non-hydrogen) atoms. The summed E-state index contributed by atoms with van der Waals surface area (Å²) in [6, 6.07) is 5.57. The smallest absolute Gasteiger partial charge is 0.170 e. The van der Waals surface area contributed by atoms with Crippen molar-refractivity contribution in [1.29, 1.82) is 0 Å². The number of aromatic amines is 1. The van der Waals surface area contributed by atoms with Crippen molar-refractivity contribution >= 4 is 5.78 Å². The minimum Gasteiger partial charge on any atom is -0.345 e. The van der Waals surface area contributed by atoms with Crippen LogP contribution in [0.15, 0.2) is 24.3 Å². The summed E-state index contributed by atoms with van der Waals surface area (Å²) in [6.07, 6.45) is 1.06. The zero-order valence-corrected chi connectivity index (χ0v) is 10.5. The third kappa shape index (κ3) is 2.64. The minimum absolute atomic E-state index is 0.0635. The topological polar surface area (TPSA) is 45.8 Å². The molecule has 0 fully saturated rings. The lowest BCUT2D eigenvalue weighted by Crippen LogP contribution is -2.05. The first-order valence-corrected chi connectivity index (χ1v) is 5.93. The maximum absolute atomic E-state index is 12.7. The number of hydrogen-bond acceptors (Lipinski definition) is 2. The number of aryl methyl sites for hydroxylation is 2. The zero-order chi connectivity index (χ0) is 13.1. The fourth-order valence-electron chi connectivity index (χ4n) is 1.88. The highest BCUT2D eigenvalue weighted by atomic mass is 19.1. The number of nitrogens with zero attached hydrogens (tertiary/aromatic N) is 1. The van der Waals surface area contributed by atoms with E-state index < -0.39 is 0 Å². The summed E-state index contributed by atoms with van der Waals surface area (Å²) in [7, 11) is 0. The van der Waals surface area contributed by atoms with Crippen molar-refractivity contribution < 1.29 is 9.18 Å². The Balaban J connectivity index is 2.13. The maximum Gasteiger partial charge on any atom is 0.170 e. The van der Waals surface area contributed by atoms with E-state index in [0.717, 1.165) is 17.8 Å². The first-order chi connectivity index (χ1) is 8.60. The molecule has 1 aromatic carbocycles. The SMILES string of the molecule is CCc1nc(CC(=O)c2ccc(F)cc2)[nH]c1C. The van der Waals surface area contributed by atoms with Gasteiger partial charge in [-0.25, -0.2) is 9.37 Å². The molecule has 0 amide bonds. The molecule has 2 rings (SSSR count). The lowest BCUT2D eigenvalue weighted by atomic mass is 10.1. The van der Waals surface area contributed by atoms with Gasteiger partial charge in [0.2, 0.25) is 0 Å². The summed E-state index contributed by atoms with van der Waals surface area (Å²) in [5.41, 5.74) is 2.49. The molecular formula is C14H15FN2O. The molecule has 0 saturated heterocycles. The highest BCUT2D eigenvalue weighted by Crippen LogP contribution is 2.10. The Morgan fingerprint density at radius 2 is 2.00 bits per heavy atom. The number of Topliss-reactive ketones (excluding diaryl/α,β-unsaturated/α-hetero) is 1. The standard InChI is InChI=1S/C14H15FN2O/c1-3-12-9(2)16-14(17-12)8-13(18)10-4-6-11(15)7-5-10/h4-7H,3,8H2,1-2H3,(H,16,17). The zero-order valence-electron chi connectivity index (χ0n) is 10.5. The number of ketones is 1. The van der Waals surface area contributed by atoms with Gasteiger partial charge in [-0.15, -0.1) is 0 Å². The van der Waals surface area contributed by atoms with E-state index in [-0.39, 0.29) is 18.0 Å². The van der Waals surface area contributed by atoms with Crippen molar-refractivity contribution in [3.63, 3.8) is 0 Å². The molecule has 0 aliphatic heterocycles. The molecule has 3 nitrogen and oxygen atoms in total. The van der Waals surface area contributed by atoms with Gasteiger partial charge in [-0.05, 0) is 37.6 Å². The third-order valence-electron chi connectivity index (χ3n) is 2.86. The third-order valence-corrected chi connectivity index (χ3v) is 2.86. The second-order valence-electron chi connectivity index (χ2n) is 4.22. The van der Waals surface area contributed by atoms with Gasteiger partial charge in [-0.1, -0.05) is 6.92 Å². The highest BCUT2D eigenvalue weighted by molar-refractivity contribution is 5.97. The monoisotopic (exact) mass is 246 g/mol. The molecule has 0 spiro atoms. The average molecular weight is 246 g/mol. The van der Waals surface area contributed by atoms with Crippen LogP contribution in [0.3, 0.4) is 0 Å². The van der Waals surface area contributed by atoms with Crippen LogP contribution in [0.1, 0.15) is 34.5 Å². The van der Waals surface area contributed by atoms with E-state index in [1.54, 1.807) is 0 Å². The molecule has 0 saturated carbocycles. The highest BCUT2D eigenvalue weighted by Gasteiger charge is 2.11. The number of rotatable bonds is 4. The number of hydrogen-bond donors (Lipinski definition) is 1. The number of carbonyl (C=O) groups excluding carboxylic acids is 1. The molecule has 4 heteroatoms. The predicted octanol–water partition coefficient (Wildman–Crippen LogP) is 2.85. The second-order valence-corrected chi connectivity index (χ2v) is 4.22. The molecule has 0 bridgehead atoms. The van der Waals surface area contributed by atoms with Crippen molar-refractivity contribution in [2.75, 3.05) is 0 Å². The fraction of sp³-hybridized carbons (Fsp3) is 0.286. The van der Waals surface area contributed by atoms with Crippen LogP contribution in [-0.2, 0) is 12.8 Å². The van der Waals surface area contributed by atoms with Crippen LogP contribution in [0, 0.1) is 12.7 Å². The summed E-state index contributed by atoms with van der Waals surface area (Å²) < 4.78 is 12.7. The molecule has 0 aliphatic rings. The molecule has 0 aliphatic carbocycles. The van der Waals surface area contributed by atoms with E-state index in [0.29, 0.717) is 11.4 Å². The van der Waals surface area contributed by atoms with Crippen molar-refractivity contribution in [3.05, 3.63) is 52.9 Å². The number of nitrogens with one attached hydrogen (secondary N) is 1. The van der Waals surface area contributed by atoms with Crippen molar-refractivity contribution in [1.82, 2.24) is 9.97 Å². The van der Waals surface area contributed by atoms with Crippen molar-refractivity contribution in [2.45, 2.75) is 26.7 Å². The molecule has 2 aromatic rings. The van der Waals surface area contributed by atoms with Gasteiger partial charge in [0.05, 0.1) is 12.1 Å². The molecule has 94 valence electrons. The van der Waals surface area contributed by atoms with E-state index >= 15 is 0 Å². The average Bonchev–Trinajstić information content (AvgIpc) is 2.70. The number of halogens is 1. The number of imidazole rings is 1. The Bertz CT molecular complexity index is 558. The first kappa shape index (κ1) is 12.5. The summed E-state index contributed by atoms with van der Waals surface area (Å²) in [5, 5.41) is 0. The molecule has 0 unspecified atom stereocenters. The molecular weight excluding hydrogens is 231 g/mol. The van der Waals surface area contributed by atoms with Crippen LogP contribution < -0.4 is 0 Å².